The van der Waals surface area contributed by atoms with Gasteiger partial charge >= 0.3 is 0 Å². The van der Waals surface area contributed by atoms with Gasteiger partial charge in [-0.05, 0) is 51.8 Å². The van der Waals surface area contributed by atoms with E-state index in [4.69, 9.17) is 0 Å². The van der Waals surface area contributed by atoms with Crippen molar-refractivity contribution in [3.05, 3.63) is 35.9 Å². The third kappa shape index (κ3) is 3.18. The van der Waals surface area contributed by atoms with Gasteiger partial charge in [-0.3, -0.25) is 4.90 Å². The van der Waals surface area contributed by atoms with Gasteiger partial charge in [0.05, 0.1) is 0 Å². The smallest absolute Gasteiger partial charge is 0.0473 e. The lowest BCUT2D eigenvalue weighted by Gasteiger charge is -2.44. The predicted octanol–water partition coefficient (Wildman–Crippen LogP) is 3.46. The summed E-state index contributed by atoms with van der Waals surface area (Å²) in [6.07, 6.45) is 2.71. The minimum atomic E-state index is 0.411. The minimum absolute atomic E-state index is 0.411. The number of nitrogens with zero attached hydrogens (tertiary/aromatic N) is 1. The summed E-state index contributed by atoms with van der Waals surface area (Å²) in [5.41, 5.74) is 1.39. The highest BCUT2D eigenvalue weighted by Crippen LogP contribution is 2.29. The highest BCUT2D eigenvalue weighted by atomic mass is 15.2. The third-order valence-corrected chi connectivity index (χ3v) is 4.90. The second-order valence-electron chi connectivity index (χ2n) is 6.02. The molecule has 0 radical (unpaired) electrons. The van der Waals surface area contributed by atoms with Crippen molar-refractivity contribution in [1.29, 1.82) is 0 Å². The van der Waals surface area contributed by atoms with Crippen molar-refractivity contribution in [2.75, 3.05) is 13.6 Å². The van der Waals surface area contributed by atoms with Gasteiger partial charge in [0, 0.05) is 18.1 Å². The van der Waals surface area contributed by atoms with Crippen molar-refractivity contribution in [2.24, 2.45) is 5.92 Å². The van der Waals surface area contributed by atoms with Crippen LogP contribution in [-0.4, -0.2) is 30.6 Å². The molecule has 2 nitrogen and oxygen atoms in total. The van der Waals surface area contributed by atoms with Crippen LogP contribution in [-0.2, 0) is 0 Å². The third-order valence-electron chi connectivity index (χ3n) is 4.90. The molecule has 1 aromatic carbocycles. The van der Waals surface area contributed by atoms with Gasteiger partial charge in [-0.25, -0.2) is 0 Å². The van der Waals surface area contributed by atoms with Crippen molar-refractivity contribution in [3.8, 4) is 0 Å². The first-order valence-electron chi connectivity index (χ1n) is 7.63. The molecule has 0 aliphatic carbocycles. The molecule has 1 saturated heterocycles. The number of likely N-dealkylation sites (N-methyl/N-ethyl adjacent to an activating group) is 1. The van der Waals surface area contributed by atoms with Crippen LogP contribution in [0.5, 0.6) is 0 Å². The van der Waals surface area contributed by atoms with Gasteiger partial charge in [0.1, 0.15) is 0 Å². The summed E-state index contributed by atoms with van der Waals surface area (Å²) < 4.78 is 0. The molecule has 0 spiro atoms. The SMILES string of the molecule is CNC(c1ccccc1)C(C)N1CCCC(C)C1C. The quantitative estimate of drug-likeness (QED) is 0.892. The Morgan fingerprint density at radius 3 is 2.53 bits per heavy atom. The summed E-state index contributed by atoms with van der Waals surface area (Å²) >= 11 is 0. The standard InChI is InChI=1S/C17H28N2/c1-13-9-8-12-19(14(13)2)15(3)17(18-4)16-10-6-5-7-11-16/h5-7,10-11,13-15,17-18H,8-9,12H2,1-4H3. The molecule has 19 heavy (non-hydrogen) atoms. The zero-order chi connectivity index (χ0) is 13.8. The summed E-state index contributed by atoms with van der Waals surface area (Å²) in [5.74, 6) is 0.810. The zero-order valence-electron chi connectivity index (χ0n) is 12.8. The summed E-state index contributed by atoms with van der Waals surface area (Å²) in [6, 6.07) is 12.4. The molecule has 0 saturated carbocycles. The van der Waals surface area contributed by atoms with E-state index < -0.39 is 0 Å². The van der Waals surface area contributed by atoms with Gasteiger partial charge in [0.2, 0.25) is 0 Å². The molecule has 2 rings (SSSR count). The minimum Gasteiger partial charge on any atom is -0.312 e. The first-order valence-corrected chi connectivity index (χ1v) is 7.63. The fraction of sp³-hybridized carbons (Fsp3) is 0.647. The van der Waals surface area contributed by atoms with Gasteiger partial charge in [-0.2, -0.15) is 0 Å². The summed E-state index contributed by atoms with van der Waals surface area (Å²) in [5, 5.41) is 3.51. The summed E-state index contributed by atoms with van der Waals surface area (Å²) in [7, 11) is 2.08. The largest absolute Gasteiger partial charge is 0.312 e. The van der Waals surface area contributed by atoms with Crippen molar-refractivity contribution in [1.82, 2.24) is 10.2 Å². The average molecular weight is 260 g/mol. The Morgan fingerprint density at radius 1 is 1.21 bits per heavy atom. The Labute approximate surface area is 118 Å². The summed E-state index contributed by atoms with van der Waals surface area (Å²) in [4.78, 5) is 2.68. The number of rotatable bonds is 4. The molecular formula is C17H28N2. The molecule has 4 atom stereocenters. The van der Waals surface area contributed by atoms with Crippen LogP contribution < -0.4 is 5.32 Å². The molecule has 1 aromatic rings. The number of benzene rings is 1. The lowest BCUT2D eigenvalue weighted by molar-refractivity contribution is 0.0588. The molecule has 1 aliphatic heterocycles. The molecular weight excluding hydrogens is 232 g/mol. The van der Waals surface area contributed by atoms with Crippen LogP contribution in [0.1, 0.15) is 45.2 Å². The normalized spacial score (nSPS) is 28.0. The monoisotopic (exact) mass is 260 g/mol. The molecule has 0 aromatic heterocycles. The maximum atomic E-state index is 3.51. The number of hydrogen-bond donors (Lipinski definition) is 1. The highest BCUT2D eigenvalue weighted by Gasteiger charge is 2.31. The molecule has 1 N–H and O–H groups in total. The van der Waals surface area contributed by atoms with Gasteiger partial charge in [0.25, 0.3) is 0 Å². The Kier molecular flexibility index (Phi) is 5.00. The first kappa shape index (κ1) is 14.5. The number of nitrogens with one attached hydrogen (secondary N) is 1. The van der Waals surface area contributed by atoms with Crippen LogP contribution in [0.2, 0.25) is 0 Å². The molecule has 1 aliphatic rings. The molecule has 1 fully saturated rings. The van der Waals surface area contributed by atoms with E-state index in [1.165, 1.54) is 24.9 Å². The molecule has 106 valence electrons. The van der Waals surface area contributed by atoms with Crippen LogP contribution >= 0.6 is 0 Å². The van der Waals surface area contributed by atoms with E-state index in [1.807, 2.05) is 0 Å². The van der Waals surface area contributed by atoms with E-state index in [1.54, 1.807) is 0 Å². The van der Waals surface area contributed by atoms with Crippen LogP contribution in [0, 0.1) is 5.92 Å². The van der Waals surface area contributed by atoms with Crippen molar-refractivity contribution < 1.29 is 0 Å². The fourth-order valence-corrected chi connectivity index (χ4v) is 3.48. The fourth-order valence-electron chi connectivity index (χ4n) is 3.48. The molecule has 2 heteroatoms. The van der Waals surface area contributed by atoms with Gasteiger partial charge in [-0.1, -0.05) is 37.3 Å². The van der Waals surface area contributed by atoms with E-state index in [2.05, 4.69) is 68.4 Å². The predicted molar refractivity (Wildman–Crippen MR) is 82.3 cm³/mol. The van der Waals surface area contributed by atoms with Crippen molar-refractivity contribution in [2.45, 2.75) is 51.7 Å². The van der Waals surface area contributed by atoms with E-state index in [0.717, 1.165) is 5.92 Å². The number of piperidine rings is 1. The Hall–Kier alpha value is -0.860. The van der Waals surface area contributed by atoms with Gasteiger partial charge in [0.15, 0.2) is 0 Å². The van der Waals surface area contributed by atoms with Crippen LogP contribution in [0.15, 0.2) is 30.3 Å². The zero-order valence-corrected chi connectivity index (χ0v) is 12.8. The first-order chi connectivity index (χ1) is 9.15. The Bertz CT molecular complexity index is 376. The summed E-state index contributed by atoms with van der Waals surface area (Å²) in [6.45, 7) is 8.37. The molecule has 0 amide bonds. The van der Waals surface area contributed by atoms with E-state index in [-0.39, 0.29) is 0 Å². The second kappa shape index (κ2) is 6.53. The van der Waals surface area contributed by atoms with Gasteiger partial charge < -0.3 is 5.32 Å². The maximum Gasteiger partial charge on any atom is 0.0473 e. The average Bonchev–Trinajstić information content (AvgIpc) is 2.44. The van der Waals surface area contributed by atoms with E-state index in [9.17, 15) is 0 Å². The van der Waals surface area contributed by atoms with Crippen molar-refractivity contribution >= 4 is 0 Å². The van der Waals surface area contributed by atoms with Crippen LogP contribution in [0.25, 0.3) is 0 Å². The van der Waals surface area contributed by atoms with Crippen LogP contribution in [0.4, 0.5) is 0 Å². The molecule has 0 bridgehead atoms. The highest BCUT2D eigenvalue weighted by molar-refractivity contribution is 5.20. The second-order valence-corrected chi connectivity index (χ2v) is 6.02. The molecule has 4 unspecified atom stereocenters. The van der Waals surface area contributed by atoms with E-state index >= 15 is 0 Å². The number of hydrogen-bond acceptors (Lipinski definition) is 2. The topological polar surface area (TPSA) is 15.3 Å². The number of likely N-dealkylation sites (tertiary alicyclic amines) is 1. The molecule has 1 heterocycles. The Balaban J connectivity index is 2.14. The van der Waals surface area contributed by atoms with Gasteiger partial charge in [-0.15, -0.1) is 0 Å². The Morgan fingerprint density at radius 2 is 1.89 bits per heavy atom. The lowest BCUT2D eigenvalue weighted by Crippen LogP contribution is -2.51. The maximum absolute atomic E-state index is 3.51. The van der Waals surface area contributed by atoms with Crippen LogP contribution in [0.3, 0.4) is 0 Å². The van der Waals surface area contributed by atoms with Crippen molar-refractivity contribution in [3.63, 3.8) is 0 Å². The van der Waals surface area contributed by atoms with E-state index in [0.29, 0.717) is 18.1 Å². The lowest BCUT2D eigenvalue weighted by atomic mass is 9.88.